The maximum Gasteiger partial charge on any atom is 0.312 e. The van der Waals surface area contributed by atoms with Crippen LogP contribution in [0.15, 0.2) is 30.3 Å². The number of benzene rings is 1. The number of rotatable bonds is 9. The zero-order valence-electron chi connectivity index (χ0n) is 25.6. The third-order valence-corrected chi connectivity index (χ3v) is 8.17. The highest BCUT2D eigenvalue weighted by atomic mass is 16.8. The number of ether oxygens (including phenoxy) is 11. The van der Waals surface area contributed by atoms with Gasteiger partial charge in [-0.1, -0.05) is 30.3 Å². The maximum absolute atomic E-state index is 13.2. The van der Waals surface area contributed by atoms with E-state index >= 15 is 0 Å². The number of fused-ring (bicyclic) bond motifs is 2. The molecule has 13 heteroatoms. The van der Waals surface area contributed by atoms with E-state index in [0.717, 1.165) is 5.56 Å². The molecule has 7 unspecified atom stereocenters. The first-order valence-corrected chi connectivity index (χ1v) is 14.4. The van der Waals surface area contributed by atoms with Gasteiger partial charge in [-0.2, -0.15) is 0 Å². The minimum atomic E-state index is -1.63. The molecule has 13 nitrogen and oxygen atoms in total. The fourth-order valence-electron chi connectivity index (χ4n) is 5.97. The Labute approximate surface area is 251 Å². The largest absolute Gasteiger partial charge is 0.455 e. The van der Waals surface area contributed by atoms with Gasteiger partial charge in [-0.3, -0.25) is 9.59 Å². The Balaban J connectivity index is 1.42. The molecule has 1 aromatic carbocycles. The number of carbonyl (C=O) groups is 2. The molecule has 4 fully saturated rings. The predicted molar refractivity (Wildman–Crippen MR) is 145 cm³/mol. The van der Waals surface area contributed by atoms with Crippen LogP contribution in [0.3, 0.4) is 0 Å². The topological polar surface area (TPSA) is 136 Å². The van der Waals surface area contributed by atoms with Crippen molar-refractivity contribution < 1.29 is 61.7 Å². The van der Waals surface area contributed by atoms with Crippen LogP contribution in [0, 0.1) is 5.41 Å². The Morgan fingerprint density at radius 1 is 0.930 bits per heavy atom. The van der Waals surface area contributed by atoms with E-state index in [9.17, 15) is 9.59 Å². The van der Waals surface area contributed by atoms with Crippen LogP contribution in [0.5, 0.6) is 0 Å². The smallest absolute Gasteiger partial charge is 0.312 e. The van der Waals surface area contributed by atoms with E-state index in [0.29, 0.717) is 0 Å². The molecule has 0 spiro atoms. The van der Waals surface area contributed by atoms with Gasteiger partial charge in [-0.05, 0) is 20.8 Å². The highest BCUT2D eigenvalue weighted by molar-refractivity contribution is 5.76. The Kier molecular flexibility index (Phi) is 9.76. The van der Waals surface area contributed by atoms with Crippen LogP contribution < -0.4 is 0 Å². The summed E-state index contributed by atoms with van der Waals surface area (Å²) in [4.78, 5) is 26.1. The van der Waals surface area contributed by atoms with Crippen LogP contribution in [0.4, 0.5) is 0 Å². The van der Waals surface area contributed by atoms with Crippen LogP contribution in [0.25, 0.3) is 0 Å². The molecule has 11 atom stereocenters. The molecule has 0 aromatic heterocycles. The standard InChI is InChI=1S/C30H42O13/c1-29(2,3)28(32)42-23-21-18(14-37-26(41-21)16-11-9-8-10-12-16)43-30(13-19(31)40-25(23)30)38-15-17-20(33-4)22(34-5)24(35-6)27(36-7)39-17/h8-12,17-18,20-27H,13-15H2,1-7H3/t17?,18?,20-,21-,22?,23?,24?,25?,26?,27+,30-/m1/s1. The summed E-state index contributed by atoms with van der Waals surface area (Å²) in [6, 6.07) is 9.38. The molecule has 5 rings (SSSR count). The second-order valence-corrected chi connectivity index (χ2v) is 12.0. The van der Waals surface area contributed by atoms with Gasteiger partial charge in [0.15, 0.2) is 24.8 Å². The van der Waals surface area contributed by atoms with E-state index in [4.69, 9.17) is 52.1 Å². The Hall–Kier alpha value is -2.20. The van der Waals surface area contributed by atoms with Crippen molar-refractivity contribution in [2.24, 2.45) is 5.41 Å². The van der Waals surface area contributed by atoms with Crippen molar-refractivity contribution in [1.82, 2.24) is 0 Å². The van der Waals surface area contributed by atoms with Gasteiger partial charge in [0.2, 0.25) is 5.79 Å². The first-order valence-electron chi connectivity index (χ1n) is 14.4. The lowest BCUT2D eigenvalue weighted by Crippen LogP contribution is -2.68. The van der Waals surface area contributed by atoms with Crippen molar-refractivity contribution in [2.45, 2.75) is 94.4 Å². The Bertz CT molecular complexity index is 1110. The van der Waals surface area contributed by atoms with Crippen molar-refractivity contribution in [3.63, 3.8) is 0 Å². The molecule has 1 aromatic rings. The number of hydrogen-bond acceptors (Lipinski definition) is 13. The molecule has 0 radical (unpaired) electrons. The van der Waals surface area contributed by atoms with Crippen molar-refractivity contribution in [3.8, 4) is 0 Å². The summed E-state index contributed by atoms with van der Waals surface area (Å²) in [7, 11) is 6.10. The number of esters is 2. The molecule has 0 bridgehead atoms. The molecule has 0 aliphatic carbocycles. The average molecular weight is 611 g/mol. The lowest BCUT2D eigenvalue weighted by Gasteiger charge is -2.51. The minimum absolute atomic E-state index is 0.0907. The SMILES string of the molecule is COC1C(OC)[C@H](OC)C(CO[C@@]23CC(=O)OC2C(OC(=O)C(C)(C)C)[C@@H]2OC(c4ccccc4)OCC2O3)O[C@@H]1OC. The summed E-state index contributed by atoms with van der Waals surface area (Å²) in [5.41, 5.74) is -0.0542. The van der Waals surface area contributed by atoms with Crippen LogP contribution in [-0.4, -0.2) is 115 Å². The van der Waals surface area contributed by atoms with Gasteiger partial charge in [0.1, 0.15) is 43.0 Å². The Morgan fingerprint density at radius 3 is 2.26 bits per heavy atom. The summed E-state index contributed by atoms with van der Waals surface area (Å²) in [6.45, 7) is 5.21. The van der Waals surface area contributed by atoms with Gasteiger partial charge in [0.25, 0.3) is 0 Å². The van der Waals surface area contributed by atoms with Gasteiger partial charge in [0.05, 0.1) is 18.6 Å². The fraction of sp³-hybridized carbons (Fsp3) is 0.733. The molecular weight excluding hydrogens is 568 g/mol. The summed E-state index contributed by atoms with van der Waals surface area (Å²) < 4.78 is 65.8. The van der Waals surface area contributed by atoms with Gasteiger partial charge < -0.3 is 52.1 Å². The van der Waals surface area contributed by atoms with E-state index in [-0.39, 0.29) is 19.6 Å². The quantitative estimate of drug-likeness (QED) is 0.377. The van der Waals surface area contributed by atoms with Crippen molar-refractivity contribution in [2.75, 3.05) is 41.7 Å². The average Bonchev–Trinajstić information content (AvgIpc) is 3.34. The van der Waals surface area contributed by atoms with E-state index in [1.54, 1.807) is 27.9 Å². The first-order chi connectivity index (χ1) is 20.5. The predicted octanol–water partition coefficient (Wildman–Crippen LogP) is 1.90. The second-order valence-electron chi connectivity index (χ2n) is 12.0. The van der Waals surface area contributed by atoms with Crippen LogP contribution >= 0.6 is 0 Å². The lowest BCUT2D eigenvalue weighted by atomic mass is 9.90. The Morgan fingerprint density at radius 2 is 1.63 bits per heavy atom. The van der Waals surface area contributed by atoms with Crippen LogP contribution in [-0.2, 0) is 61.7 Å². The summed E-state index contributed by atoms with van der Waals surface area (Å²) >= 11 is 0. The van der Waals surface area contributed by atoms with E-state index in [2.05, 4.69) is 0 Å². The maximum atomic E-state index is 13.2. The summed E-state index contributed by atoms with van der Waals surface area (Å²) in [5.74, 6) is -2.69. The second kappa shape index (κ2) is 13.0. The van der Waals surface area contributed by atoms with Gasteiger partial charge in [-0.15, -0.1) is 0 Å². The minimum Gasteiger partial charge on any atom is -0.455 e. The van der Waals surface area contributed by atoms with Crippen molar-refractivity contribution >= 4 is 11.9 Å². The highest BCUT2D eigenvalue weighted by Gasteiger charge is 2.66. The van der Waals surface area contributed by atoms with E-state index in [1.165, 1.54) is 21.3 Å². The summed E-state index contributed by atoms with van der Waals surface area (Å²) in [6.07, 6.45) is -7.96. The molecule has 4 heterocycles. The van der Waals surface area contributed by atoms with E-state index in [1.807, 2.05) is 30.3 Å². The van der Waals surface area contributed by atoms with Crippen molar-refractivity contribution in [1.29, 1.82) is 0 Å². The molecule has 4 aliphatic heterocycles. The molecule has 240 valence electrons. The zero-order valence-corrected chi connectivity index (χ0v) is 25.6. The van der Waals surface area contributed by atoms with Gasteiger partial charge in [-0.25, -0.2) is 0 Å². The van der Waals surface area contributed by atoms with E-state index < -0.39 is 84.6 Å². The molecular formula is C30H42O13. The molecule has 0 saturated carbocycles. The fourth-order valence-corrected chi connectivity index (χ4v) is 5.97. The molecule has 0 N–H and O–H groups in total. The van der Waals surface area contributed by atoms with Crippen LogP contribution in [0.1, 0.15) is 39.0 Å². The lowest BCUT2D eigenvalue weighted by molar-refractivity contribution is -0.396. The zero-order chi connectivity index (χ0) is 30.9. The molecule has 43 heavy (non-hydrogen) atoms. The highest BCUT2D eigenvalue weighted by Crippen LogP contribution is 2.46. The van der Waals surface area contributed by atoms with Gasteiger partial charge in [0, 0.05) is 34.0 Å². The van der Waals surface area contributed by atoms with Crippen LogP contribution in [0.2, 0.25) is 0 Å². The number of hydrogen-bond donors (Lipinski definition) is 0. The normalized spacial score (nSPS) is 39.5. The molecule has 0 amide bonds. The molecule has 4 aliphatic rings. The van der Waals surface area contributed by atoms with Crippen molar-refractivity contribution in [3.05, 3.63) is 35.9 Å². The number of methoxy groups -OCH3 is 4. The molecule has 4 saturated heterocycles. The summed E-state index contributed by atoms with van der Waals surface area (Å²) in [5, 5.41) is 0. The number of carbonyl (C=O) groups excluding carboxylic acids is 2. The monoisotopic (exact) mass is 610 g/mol. The van der Waals surface area contributed by atoms with Gasteiger partial charge >= 0.3 is 11.9 Å². The first kappa shape index (κ1) is 32.2. The third-order valence-electron chi connectivity index (χ3n) is 8.17. The third kappa shape index (κ3) is 6.33.